The topological polar surface area (TPSA) is 35.5 Å². The van der Waals surface area contributed by atoms with Crippen LogP contribution in [0.15, 0.2) is 0 Å². The number of nitrogens with zero attached hydrogens (tertiary/aromatic N) is 1. The monoisotopic (exact) mass is 256 g/mol. The van der Waals surface area contributed by atoms with Gasteiger partial charge < -0.3 is 15.3 Å². The van der Waals surface area contributed by atoms with Gasteiger partial charge in [0.1, 0.15) is 0 Å². The Morgan fingerprint density at radius 2 is 2.00 bits per heavy atom. The Balaban J connectivity index is 2.43. The van der Waals surface area contributed by atoms with E-state index in [1.807, 2.05) is 6.92 Å². The summed E-state index contributed by atoms with van der Waals surface area (Å²) in [5.74, 6) is 0.702. The van der Waals surface area contributed by atoms with Gasteiger partial charge in [-0.1, -0.05) is 20.8 Å². The summed E-state index contributed by atoms with van der Waals surface area (Å²) >= 11 is 0. The zero-order valence-corrected chi connectivity index (χ0v) is 13.0. The molecule has 1 saturated heterocycles. The minimum atomic E-state index is -0.212. The van der Waals surface area contributed by atoms with Gasteiger partial charge in [0.15, 0.2) is 0 Å². The van der Waals surface area contributed by atoms with Crippen LogP contribution in [0.3, 0.4) is 0 Å². The van der Waals surface area contributed by atoms with E-state index in [4.69, 9.17) is 0 Å². The van der Waals surface area contributed by atoms with Crippen LogP contribution in [0.25, 0.3) is 0 Å². The standard InChI is InChI=1S/C15H32N2O/c1-11-9-17(6)12(2)7-14(11)16-10-15(4,5)8-13(3)18/h11-14,16,18H,7-10H2,1-6H3. The Morgan fingerprint density at radius 1 is 1.39 bits per heavy atom. The average molecular weight is 256 g/mol. The molecule has 0 bridgehead atoms. The van der Waals surface area contributed by atoms with E-state index in [1.165, 1.54) is 13.0 Å². The predicted molar refractivity (Wildman–Crippen MR) is 77.7 cm³/mol. The van der Waals surface area contributed by atoms with E-state index in [2.05, 4.69) is 45.0 Å². The van der Waals surface area contributed by atoms with Crippen molar-refractivity contribution in [3.8, 4) is 0 Å². The molecular formula is C15H32N2O. The zero-order chi connectivity index (χ0) is 13.9. The third kappa shape index (κ3) is 4.87. The maximum absolute atomic E-state index is 9.52. The van der Waals surface area contributed by atoms with Crippen molar-refractivity contribution in [2.24, 2.45) is 11.3 Å². The van der Waals surface area contributed by atoms with Crippen molar-refractivity contribution in [1.82, 2.24) is 10.2 Å². The quantitative estimate of drug-likeness (QED) is 0.791. The van der Waals surface area contributed by atoms with Crippen LogP contribution in [0, 0.1) is 11.3 Å². The molecule has 1 heterocycles. The SMILES string of the molecule is CC(O)CC(C)(C)CNC1CC(C)N(C)CC1C. The number of aliphatic hydroxyl groups excluding tert-OH is 1. The lowest BCUT2D eigenvalue weighted by atomic mass is 9.84. The molecule has 108 valence electrons. The van der Waals surface area contributed by atoms with Crippen LogP contribution in [0.2, 0.25) is 0 Å². The smallest absolute Gasteiger partial charge is 0.0517 e. The Bertz CT molecular complexity index is 253. The molecule has 2 N–H and O–H groups in total. The number of hydrogen-bond donors (Lipinski definition) is 2. The number of hydrogen-bond acceptors (Lipinski definition) is 3. The van der Waals surface area contributed by atoms with Crippen molar-refractivity contribution in [1.29, 1.82) is 0 Å². The molecule has 0 aromatic rings. The highest BCUT2D eigenvalue weighted by atomic mass is 16.3. The Labute approximate surface area is 113 Å². The Morgan fingerprint density at radius 3 is 2.56 bits per heavy atom. The second kappa shape index (κ2) is 6.36. The molecule has 18 heavy (non-hydrogen) atoms. The second-order valence-electron chi connectivity index (χ2n) is 7.21. The summed E-state index contributed by atoms with van der Waals surface area (Å²) < 4.78 is 0. The van der Waals surface area contributed by atoms with Gasteiger partial charge in [-0.2, -0.15) is 0 Å². The molecule has 1 fully saturated rings. The predicted octanol–water partition coefficient (Wildman–Crippen LogP) is 2.10. The molecule has 0 aliphatic carbocycles. The number of nitrogens with one attached hydrogen (secondary N) is 1. The molecule has 1 rings (SSSR count). The largest absolute Gasteiger partial charge is 0.393 e. The fourth-order valence-electron chi connectivity index (χ4n) is 3.10. The van der Waals surface area contributed by atoms with Crippen LogP contribution < -0.4 is 5.32 Å². The molecule has 3 heteroatoms. The van der Waals surface area contributed by atoms with Gasteiger partial charge in [-0.15, -0.1) is 0 Å². The van der Waals surface area contributed by atoms with Crippen molar-refractivity contribution in [2.75, 3.05) is 20.1 Å². The Hall–Kier alpha value is -0.120. The Kier molecular flexibility index (Phi) is 5.63. The van der Waals surface area contributed by atoms with Gasteiger partial charge in [0.2, 0.25) is 0 Å². The number of piperidine rings is 1. The van der Waals surface area contributed by atoms with Crippen LogP contribution in [0.5, 0.6) is 0 Å². The minimum absolute atomic E-state index is 0.167. The minimum Gasteiger partial charge on any atom is -0.393 e. The lowest BCUT2D eigenvalue weighted by Gasteiger charge is -2.41. The van der Waals surface area contributed by atoms with Crippen molar-refractivity contribution in [3.05, 3.63) is 0 Å². The molecule has 1 aliphatic rings. The number of rotatable bonds is 5. The zero-order valence-electron chi connectivity index (χ0n) is 13.0. The molecule has 1 aliphatic heterocycles. The molecule has 0 aromatic carbocycles. The van der Waals surface area contributed by atoms with Crippen LogP contribution in [-0.2, 0) is 0 Å². The van der Waals surface area contributed by atoms with Gasteiger partial charge in [-0.25, -0.2) is 0 Å². The summed E-state index contributed by atoms with van der Waals surface area (Å²) in [6, 6.07) is 1.28. The lowest BCUT2D eigenvalue weighted by Crippen LogP contribution is -2.52. The first-order chi connectivity index (χ1) is 8.21. The highest BCUT2D eigenvalue weighted by Crippen LogP contribution is 2.25. The fourth-order valence-corrected chi connectivity index (χ4v) is 3.10. The van der Waals surface area contributed by atoms with Gasteiger partial charge in [-0.05, 0) is 45.1 Å². The van der Waals surface area contributed by atoms with E-state index in [-0.39, 0.29) is 11.5 Å². The van der Waals surface area contributed by atoms with E-state index < -0.39 is 0 Å². The molecule has 0 radical (unpaired) electrons. The molecule has 0 spiro atoms. The van der Waals surface area contributed by atoms with Gasteiger partial charge >= 0.3 is 0 Å². The summed E-state index contributed by atoms with van der Waals surface area (Å²) in [7, 11) is 2.22. The van der Waals surface area contributed by atoms with Crippen molar-refractivity contribution < 1.29 is 5.11 Å². The molecule has 0 aromatic heterocycles. The third-order valence-electron chi connectivity index (χ3n) is 4.30. The summed E-state index contributed by atoms with van der Waals surface area (Å²) in [4.78, 5) is 2.45. The molecule has 4 atom stereocenters. The molecule has 0 amide bonds. The van der Waals surface area contributed by atoms with E-state index >= 15 is 0 Å². The molecule has 4 unspecified atom stereocenters. The number of aliphatic hydroxyl groups is 1. The highest BCUT2D eigenvalue weighted by molar-refractivity contribution is 4.87. The van der Waals surface area contributed by atoms with E-state index in [9.17, 15) is 5.11 Å². The fraction of sp³-hybridized carbons (Fsp3) is 1.00. The number of likely N-dealkylation sites (tertiary alicyclic amines) is 1. The summed E-state index contributed by atoms with van der Waals surface area (Å²) in [5.41, 5.74) is 0.167. The normalized spacial score (nSPS) is 32.5. The van der Waals surface area contributed by atoms with Crippen molar-refractivity contribution in [2.45, 2.75) is 65.6 Å². The van der Waals surface area contributed by atoms with E-state index in [0.717, 1.165) is 13.0 Å². The van der Waals surface area contributed by atoms with Gasteiger partial charge in [-0.3, -0.25) is 0 Å². The van der Waals surface area contributed by atoms with Crippen molar-refractivity contribution in [3.63, 3.8) is 0 Å². The first kappa shape index (κ1) is 15.9. The summed E-state index contributed by atoms with van der Waals surface area (Å²) in [6.45, 7) is 13.1. The average Bonchev–Trinajstić information content (AvgIpc) is 2.19. The van der Waals surface area contributed by atoms with Crippen LogP contribution >= 0.6 is 0 Å². The molecule has 0 saturated carbocycles. The van der Waals surface area contributed by atoms with E-state index in [0.29, 0.717) is 18.0 Å². The molecule has 3 nitrogen and oxygen atoms in total. The van der Waals surface area contributed by atoms with Crippen LogP contribution in [-0.4, -0.2) is 48.3 Å². The first-order valence-corrected chi connectivity index (χ1v) is 7.33. The van der Waals surface area contributed by atoms with Crippen LogP contribution in [0.4, 0.5) is 0 Å². The summed E-state index contributed by atoms with van der Waals surface area (Å²) in [6.07, 6.45) is 1.87. The lowest BCUT2D eigenvalue weighted by molar-refractivity contribution is 0.0991. The highest BCUT2D eigenvalue weighted by Gasteiger charge is 2.30. The van der Waals surface area contributed by atoms with Gasteiger partial charge in [0.05, 0.1) is 6.10 Å². The van der Waals surface area contributed by atoms with Crippen molar-refractivity contribution >= 4 is 0 Å². The summed E-state index contributed by atoms with van der Waals surface area (Å²) in [5, 5.41) is 13.2. The van der Waals surface area contributed by atoms with E-state index in [1.54, 1.807) is 0 Å². The molecular weight excluding hydrogens is 224 g/mol. The second-order valence-corrected chi connectivity index (χ2v) is 7.21. The maximum atomic E-state index is 9.52. The van der Waals surface area contributed by atoms with Gasteiger partial charge in [0.25, 0.3) is 0 Å². The maximum Gasteiger partial charge on any atom is 0.0517 e. The first-order valence-electron chi connectivity index (χ1n) is 7.33. The van der Waals surface area contributed by atoms with Gasteiger partial charge in [0, 0.05) is 25.2 Å². The third-order valence-corrected chi connectivity index (χ3v) is 4.30. The van der Waals surface area contributed by atoms with Crippen LogP contribution in [0.1, 0.15) is 47.5 Å².